The van der Waals surface area contributed by atoms with Gasteiger partial charge in [-0.3, -0.25) is 14.6 Å². The van der Waals surface area contributed by atoms with Crippen LogP contribution in [0.2, 0.25) is 0 Å². The highest BCUT2D eigenvalue weighted by atomic mass is 32.2. The van der Waals surface area contributed by atoms with Crippen LogP contribution in [-0.2, 0) is 15.3 Å². The molecule has 4 heterocycles. The van der Waals surface area contributed by atoms with Gasteiger partial charge in [-0.1, -0.05) is 30.3 Å². The SMILES string of the molecule is O=C1C=CN2C(C(=O)N3CC[C@H]4CC4COc4cccc5c4[C@H](c4ccccc4SC5)N2C3)C1O. The molecule has 2 aromatic carbocycles. The Kier molecular flexibility index (Phi) is 4.98. The van der Waals surface area contributed by atoms with Crippen molar-refractivity contribution in [3.63, 3.8) is 0 Å². The Bertz CT molecular complexity index is 1250. The summed E-state index contributed by atoms with van der Waals surface area (Å²) in [6.45, 7) is 1.69. The van der Waals surface area contributed by atoms with Gasteiger partial charge in [0, 0.05) is 35.0 Å². The summed E-state index contributed by atoms with van der Waals surface area (Å²) >= 11 is 1.81. The van der Waals surface area contributed by atoms with Crippen molar-refractivity contribution in [1.29, 1.82) is 0 Å². The molecule has 7 nitrogen and oxygen atoms in total. The van der Waals surface area contributed by atoms with Gasteiger partial charge in [0.05, 0.1) is 19.3 Å². The molecule has 35 heavy (non-hydrogen) atoms. The van der Waals surface area contributed by atoms with Crippen LogP contribution in [-0.4, -0.2) is 63.7 Å². The van der Waals surface area contributed by atoms with Crippen LogP contribution in [0, 0.1) is 11.8 Å². The topological polar surface area (TPSA) is 73.3 Å². The Morgan fingerprint density at radius 2 is 1.94 bits per heavy atom. The van der Waals surface area contributed by atoms with Crippen molar-refractivity contribution in [2.24, 2.45) is 11.8 Å². The maximum atomic E-state index is 13.6. The largest absolute Gasteiger partial charge is 0.493 e. The van der Waals surface area contributed by atoms with Gasteiger partial charge in [-0.15, -0.1) is 11.8 Å². The number of rotatable bonds is 0. The summed E-state index contributed by atoms with van der Waals surface area (Å²) in [5.74, 6) is 2.15. The molecule has 7 rings (SSSR count). The second-order valence-corrected chi connectivity index (χ2v) is 11.1. The molecule has 0 aromatic heterocycles. The summed E-state index contributed by atoms with van der Waals surface area (Å²) in [5.41, 5.74) is 3.45. The zero-order valence-electron chi connectivity index (χ0n) is 19.2. The lowest BCUT2D eigenvalue weighted by Gasteiger charge is -2.52. The van der Waals surface area contributed by atoms with Crippen LogP contribution in [0.3, 0.4) is 0 Å². The Labute approximate surface area is 208 Å². The molecule has 2 aromatic rings. The molecule has 1 N–H and O–H groups in total. The molecule has 0 spiro atoms. The van der Waals surface area contributed by atoms with Crippen LogP contribution in [0.25, 0.3) is 0 Å². The summed E-state index contributed by atoms with van der Waals surface area (Å²) in [4.78, 5) is 29.1. The highest BCUT2D eigenvalue weighted by molar-refractivity contribution is 7.98. The molecule has 180 valence electrons. The van der Waals surface area contributed by atoms with E-state index in [0.29, 0.717) is 31.7 Å². The van der Waals surface area contributed by atoms with Crippen molar-refractivity contribution in [3.8, 4) is 5.75 Å². The smallest absolute Gasteiger partial charge is 0.251 e. The summed E-state index contributed by atoms with van der Waals surface area (Å²) < 4.78 is 6.51. The van der Waals surface area contributed by atoms with Crippen molar-refractivity contribution in [2.75, 3.05) is 19.8 Å². The molecule has 1 saturated carbocycles. The second kappa shape index (κ2) is 8.11. The number of ketones is 1. The minimum absolute atomic E-state index is 0.179. The third-order valence-electron chi connectivity index (χ3n) is 8.06. The molecule has 4 aliphatic heterocycles. The molecule has 4 unspecified atom stereocenters. The number of benzene rings is 2. The number of nitrogens with zero attached hydrogens (tertiary/aromatic N) is 3. The molecule has 2 fully saturated rings. The van der Waals surface area contributed by atoms with Gasteiger partial charge >= 0.3 is 0 Å². The lowest BCUT2D eigenvalue weighted by Crippen LogP contribution is -2.68. The van der Waals surface area contributed by atoms with Crippen LogP contribution >= 0.6 is 11.8 Å². The third kappa shape index (κ3) is 3.42. The second-order valence-electron chi connectivity index (χ2n) is 10.1. The number of fused-ring (bicyclic) bond motifs is 8. The molecule has 8 heteroatoms. The molecule has 2 bridgehead atoms. The van der Waals surface area contributed by atoms with Crippen molar-refractivity contribution in [1.82, 2.24) is 14.9 Å². The first kappa shape index (κ1) is 21.5. The maximum Gasteiger partial charge on any atom is 0.251 e. The highest BCUT2D eigenvalue weighted by Gasteiger charge is 2.50. The predicted molar refractivity (Wildman–Crippen MR) is 130 cm³/mol. The van der Waals surface area contributed by atoms with E-state index in [2.05, 4.69) is 41.4 Å². The number of amides is 1. The van der Waals surface area contributed by atoms with E-state index in [1.807, 2.05) is 22.7 Å². The van der Waals surface area contributed by atoms with E-state index in [-0.39, 0.29) is 11.9 Å². The maximum absolute atomic E-state index is 13.6. The van der Waals surface area contributed by atoms with Gasteiger partial charge in [0.1, 0.15) is 11.9 Å². The first-order valence-corrected chi connectivity index (χ1v) is 13.3. The zero-order chi connectivity index (χ0) is 23.7. The Balaban J connectivity index is 1.45. The summed E-state index contributed by atoms with van der Waals surface area (Å²) in [7, 11) is 0. The van der Waals surface area contributed by atoms with Crippen molar-refractivity contribution < 1.29 is 19.4 Å². The van der Waals surface area contributed by atoms with E-state index >= 15 is 0 Å². The number of carbonyl (C=O) groups excluding carboxylic acids is 2. The van der Waals surface area contributed by atoms with E-state index in [4.69, 9.17) is 4.74 Å². The monoisotopic (exact) mass is 489 g/mol. The highest BCUT2D eigenvalue weighted by Crippen LogP contribution is 2.49. The van der Waals surface area contributed by atoms with Crippen LogP contribution in [0.1, 0.15) is 35.6 Å². The van der Waals surface area contributed by atoms with Gasteiger partial charge in [0.25, 0.3) is 5.91 Å². The number of hydrazine groups is 1. The van der Waals surface area contributed by atoms with Gasteiger partial charge in [0.2, 0.25) is 0 Å². The minimum Gasteiger partial charge on any atom is -0.493 e. The van der Waals surface area contributed by atoms with Crippen molar-refractivity contribution in [3.05, 3.63) is 71.4 Å². The first-order chi connectivity index (χ1) is 17.1. The van der Waals surface area contributed by atoms with Crippen LogP contribution < -0.4 is 4.74 Å². The molecule has 6 atom stereocenters. The van der Waals surface area contributed by atoms with Crippen molar-refractivity contribution in [2.45, 2.75) is 41.7 Å². The standard InChI is InChI=1S/C27H27N3O4S/c31-20-9-11-29-25(26(20)32)27(33)28-10-8-16-12-18(16)13-34-21-6-3-4-17-14-35-22-7-2-1-5-19(22)24(23(17)21)30(29)15-28/h1-7,9,11,16,18,24-26,32H,8,10,12-15H2/t16-,18?,24-,25?,26?/m0/s1. The molecule has 1 amide bonds. The zero-order valence-corrected chi connectivity index (χ0v) is 20.1. The van der Waals surface area contributed by atoms with Gasteiger partial charge in [-0.05, 0) is 47.9 Å². The van der Waals surface area contributed by atoms with Crippen LogP contribution in [0.4, 0.5) is 0 Å². The Hall–Kier alpha value is -2.81. The van der Waals surface area contributed by atoms with Gasteiger partial charge in [-0.25, -0.2) is 0 Å². The fourth-order valence-electron chi connectivity index (χ4n) is 6.03. The molecular weight excluding hydrogens is 462 g/mol. The van der Waals surface area contributed by atoms with Crippen LogP contribution in [0.15, 0.2) is 59.6 Å². The number of aliphatic hydroxyl groups is 1. The average molecular weight is 490 g/mol. The van der Waals surface area contributed by atoms with E-state index in [1.54, 1.807) is 11.2 Å². The summed E-state index contributed by atoms with van der Waals surface area (Å²) in [5, 5.41) is 14.8. The number of carbonyl (C=O) groups is 2. The number of aliphatic hydroxyl groups excluding tert-OH is 1. The molecule has 0 radical (unpaired) electrons. The van der Waals surface area contributed by atoms with E-state index in [1.165, 1.54) is 16.5 Å². The minimum atomic E-state index is -1.39. The van der Waals surface area contributed by atoms with E-state index in [9.17, 15) is 14.7 Å². The van der Waals surface area contributed by atoms with Gasteiger partial charge in [0.15, 0.2) is 11.8 Å². The van der Waals surface area contributed by atoms with E-state index < -0.39 is 17.9 Å². The number of ether oxygens (including phenoxy) is 1. The molecule has 1 saturated heterocycles. The third-order valence-corrected chi connectivity index (χ3v) is 9.20. The molecule has 5 aliphatic rings. The molecule has 1 aliphatic carbocycles. The average Bonchev–Trinajstić information content (AvgIpc) is 3.65. The first-order valence-electron chi connectivity index (χ1n) is 12.3. The summed E-state index contributed by atoms with van der Waals surface area (Å²) in [6.07, 6.45) is 3.68. The van der Waals surface area contributed by atoms with Crippen LogP contribution in [0.5, 0.6) is 5.75 Å². The van der Waals surface area contributed by atoms with E-state index in [0.717, 1.165) is 35.5 Å². The van der Waals surface area contributed by atoms with Gasteiger partial charge < -0.3 is 14.7 Å². The van der Waals surface area contributed by atoms with Gasteiger partial charge in [-0.2, -0.15) is 5.01 Å². The number of thioether (sulfide) groups is 1. The fourth-order valence-corrected chi connectivity index (χ4v) is 7.12. The normalized spacial score (nSPS) is 33.2. The van der Waals surface area contributed by atoms with Crippen molar-refractivity contribution >= 4 is 23.5 Å². The number of hydrogen-bond acceptors (Lipinski definition) is 7. The lowest BCUT2D eigenvalue weighted by atomic mass is 9.92. The lowest BCUT2D eigenvalue weighted by molar-refractivity contribution is -0.185. The fraction of sp³-hybridized carbons (Fsp3) is 0.407. The summed E-state index contributed by atoms with van der Waals surface area (Å²) in [6, 6.07) is 13.5. The Morgan fingerprint density at radius 3 is 2.86 bits per heavy atom. The number of hydrogen-bond donors (Lipinski definition) is 1. The Morgan fingerprint density at radius 1 is 1.06 bits per heavy atom. The molecular formula is C27H27N3O4S. The quantitative estimate of drug-likeness (QED) is 0.610. The predicted octanol–water partition coefficient (Wildman–Crippen LogP) is 2.94.